The molecule has 0 spiro atoms. The van der Waals surface area contributed by atoms with Crippen molar-refractivity contribution < 1.29 is 19.5 Å². The van der Waals surface area contributed by atoms with Gasteiger partial charge < -0.3 is 20.6 Å². The highest BCUT2D eigenvalue weighted by molar-refractivity contribution is 7.13. The molecule has 216 valence electrons. The van der Waals surface area contributed by atoms with E-state index in [-0.39, 0.29) is 43.7 Å². The van der Waals surface area contributed by atoms with Crippen LogP contribution >= 0.6 is 11.3 Å². The molecular weight excluding hydrogens is 530 g/mol. The number of hydrogen-bond acceptors (Lipinski definition) is 7. The van der Waals surface area contributed by atoms with Gasteiger partial charge in [-0.3, -0.25) is 14.4 Å². The van der Waals surface area contributed by atoms with Crippen molar-refractivity contribution in [1.82, 2.24) is 20.5 Å². The number of carbonyl (C=O) groups excluding carboxylic acids is 3. The lowest BCUT2D eigenvalue weighted by Gasteiger charge is -2.35. The number of aliphatic hydroxyl groups is 1. The number of rotatable bonds is 12. The highest BCUT2D eigenvalue weighted by Crippen LogP contribution is 2.28. The van der Waals surface area contributed by atoms with E-state index in [0.29, 0.717) is 19.4 Å². The summed E-state index contributed by atoms with van der Waals surface area (Å²) < 4.78 is 0. The third kappa shape index (κ3) is 8.51. The second-order valence-electron chi connectivity index (χ2n) is 11.2. The Morgan fingerprint density at radius 3 is 2.58 bits per heavy atom. The zero-order valence-electron chi connectivity index (χ0n) is 23.6. The Kier molecular flexibility index (Phi) is 11.1. The number of aromatic nitrogens is 1. The number of aliphatic hydroxyl groups excluding tert-OH is 1. The summed E-state index contributed by atoms with van der Waals surface area (Å²) >= 11 is 1.58. The van der Waals surface area contributed by atoms with Crippen LogP contribution in [0.5, 0.6) is 0 Å². The van der Waals surface area contributed by atoms with Gasteiger partial charge in [0.05, 0.1) is 22.2 Å². The summed E-state index contributed by atoms with van der Waals surface area (Å²) in [6.45, 7) is 8.24. The van der Waals surface area contributed by atoms with E-state index in [1.54, 1.807) is 11.3 Å². The van der Waals surface area contributed by atoms with Gasteiger partial charge in [-0.2, -0.15) is 0 Å². The maximum atomic E-state index is 13.7. The van der Waals surface area contributed by atoms with Gasteiger partial charge in [0.15, 0.2) is 0 Å². The van der Waals surface area contributed by atoms with Crippen LogP contribution < -0.4 is 10.6 Å². The molecule has 3 atom stereocenters. The van der Waals surface area contributed by atoms with Gasteiger partial charge in [0.1, 0.15) is 12.1 Å². The molecule has 1 aliphatic rings. The van der Waals surface area contributed by atoms with E-state index in [1.807, 2.05) is 57.5 Å². The van der Waals surface area contributed by atoms with Crippen LogP contribution in [-0.2, 0) is 20.9 Å². The normalized spacial score (nSPS) is 17.7. The van der Waals surface area contributed by atoms with Crippen LogP contribution in [0.25, 0.3) is 20.9 Å². The molecule has 1 aliphatic heterocycles. The van der Waals surface area contributed by atoms with Crippen LogP contribution in [0.15, 0.2) is 34.9 Å². The van der Waals surface area contributed by atoms with Crippen LogP contribution in [0, 0.1) is 12.3 Å². The van der Waals surface area contributed by atoms with Crippen molar-refractivity contribution in [1.29, 1.82) is 0 Å². The summed E-state index contributed by atoms with van der Waals surface area (Å²) in [5.74, 6) is -0.980. The third-order valence-corrected chi connectivity index (χ3v) is 7.91. The summed E-state index contributed by atoms with van der Waals surface area (Å²) in [6, 6.07) is 6.20. The van der Waals surface area contributed by atoms with Gasteiger partial charge in [0.2, 0.25) is 17.7 Å². The lowest BCUT2D eigenvalue weighted by Crippen LogP contribution is -2.57. The molecule has 2 heterocycles. The number of unbranched alkanes of at least 4 members (excludes halogenated alkanes) is 2. The van der Waals surface area contributed by atoms with E-state index >= 15 is 0 Å². The molecule has 1 fully saturated rings. The number of benzene rings is 1. The van der Waals surface area contributed by atoms with E-state index in [0.717, 1.165) is 28.1 Å². The number of aryl methyl sites for hydroxylation is 1. The molecule has 3 N–H and O–H groups in total. The summed E-state index contributed by atoms with van der Waals surface area (Å²) in [4.78, 5) is 49.0. The Morgan fingerprint density at radius 1 is 1.23 bits per heavy atom. The Morgan fingerprint density at radius 2 is 1.95 bits per heavy atom. The van der Waals surface area contributed by atoms with Crippen LogP contribution in [0.3, 0.4) is 0 Å². The maximum absolute atomic E-state index is 13.7. The summed E-state index contributed by atoms with van der Waals surface area (Å²) in [7, 11) is 0. The van der Waals surface area contributed by atoms with Crippen LogP contribution in [0.4, 0.5) is 0 Å². The first-order valence-corrected chi connectivity index (χ1v) is 14.4. The highest BCUT2D eigenvalue weighted by atomic mass is 32.1. The van der Waals surface area contributed by atoms with Crippen molar-refractivity contribution in [2.45, 2.75) is 84.5 Å². The Bertz CT molecular complexity index is 1220. The monoisotopic (exact) mass is 569 g/mol. The SMILES string of the molecule is Cc1ncsc1-c1ccc(CNC(=O)C2CC(O)CN2C(=O)C(NC(=O)CCCCCN=[N+]=[N-])C(C)(C)C)cc1. The van der Waals surface area contributed by atoms with Gasteiger partial charge in [0.25, 0.3) is 0 Å². The van der Waals surface area contributed by atoms with Gasteiger partial charge in [0, 0.05) is 37.4 Å². The minimum absolute atomic E-state index is 0.0294. The molecular formula is C28H39N7O4S. The molecule has 3 rings (SSSR count). The quantitative estimate of drug-likeness (QED) is 0.152. The number of likely N-dealkylation sites (tertiary alicyclic amines) is 1. The molecule has 3 amide bonds. The Labute approximate surface area is 239 Å². The largest absolute Gasteiger partial charge is 0.391 e. The van der Waals surface area contributed by atoms with Gasteiger partial charge >= 0.3 is 0 Å². The minimum Gasteiger partial charge on any atom is -0.391 e. The number of nitrogens with one attached hydrogen (secondary N) is 2. The molecule has 3 unspecified atom stereocenters. The third-order valence-electron chi connectivity index (χ3n) is 6.94. The first-order chi connectivity index (χ1) is 19.0. The van der Waals surface area contributed by atoms with Gasteiger partial charge in [-0.25, -0.2) is 4.98 Å². The number of thiazole rings is 1. The zero-order chi connectivity index (χ0) is 29.3. The number of carbonyl (C=O) groups is 3. The molecule has 40 heavy (non-hydrogen) atoms. The fraction of sp³-hybridized carbons (Fsp3) is 0.571. The van der Waals surface area contributed by atoms with Crippen LogP contribution in [0.1, 0.15) is 64.1 Å². The minimum atomic E-state index is -0.855. The van der Waals surface area contributed by atoms with Crippen molar-refractivity contribution in [3.8, 4) is 10.4 Å². The van der Waals surface area contributed by atoms with Gasteiger partial charge in [-0.1, -0.05) is 56.6 Å². The Balaban J connectivity index is 1.60. The average Bonchev–Trinajstić information content (AvgIpc) is 3.52. The molecule has 0 aliphatic carbocycles. The van der Waals surface area contributed by atoms with E-state index in [2.05, 4.69) is 25.6 Å². The number of azide groups is 1. The van der Waals surface area contributed by atoms with E-state index in [1.165, 1.54) is 4.90 Å². The lowest BCUT2D eigenvalue weighted by molar-refractivity contribution is -0.144. The van der Waals surface area contributed by atoms with E-state index in [4.69, 9.17) is 5.53 Å². The second kappa shape index (κ2) is 14.2. The molecule has 2 aromatic rings. The van der Waals surface area contributed by atoms with Gasteiger partial charge in [-0.15, -0.1) is 11.3 Å². The topological polar surface area (TPSA) is 160 Å². The van der Waals surface area contributed by atoms with E-state index < -0.39 is 23.6 Å². The van der Waals surface area contributed by atoms with Gasteiger partial charge in [-0.05, 0) is 41.8 Å². The molecule has 0 saturated carbocycles. The zero-order valence-corrected chi connectivity index (χ0v) is 24.4. The molecule has 11 nitrogen and oxygen atoms in total. The first-order valence-electron chi connectivity index (χ1n) is 13.6. The molecule has 1 aromatic heterocycles. The second-order valence-corrected chi connectivity index (χ2v) is 12.1. The predicted molar refractivity (Wildman–Crippen MR) is 154 cm³/mol. The first kappa shape index (κ1) is 31.1. The number of hydrogen-bond donors (Lipinski definition) is 3. The molecule has 0 radical (unpaired) electrons. The molecule has 12 heteroatoms. The maximum Gasteiger partial charge on any atom is 0.246 e. The van der Waals surface area contributed by atoms with E-state index in [9.17, 15) is 19.5 Å². The number of nitrogens with zero attached hydrogens (tertiary/aromatic N) is 5. The van der Waals surface area contributed by atoms with Crippen LogP contribution in [-0.4, -0.2) is 64.0 Å². The fourth-order valence-corrected chi connectivity index (χ4v) is 5.51. The van der Waals surface area contributed by atoms with Crippen molar-refractivity contribution in [3.05, 3.63) is 51.5 Å². The summed E-state index contributed by atoms with van der Waals surface area (Å²) in [5, 5.41) is 19.6. The van der Waals surface area contributed by atoms with Crippen molar-refractivity contribution in [3.63, 3.8) is 0 Å². The summed E-state index contributed by atoms with van der Waals surface area (Å²) in [6.07, 6.45) is 1.58. The summed E-state index contributed by atoms with van der Waals surface area (Å²) in [5.41, 5.74) is 12.5. The fourth-order valence-electron chi connectivity index (χ4n) is 4.70. The number of amides is 3. The number of β-amino-alcohol motifs (C(OH)–C–C–N with tert-alkyl or cyclic N) is 1. The molecule has 1 saturated heterocycles. The van der Waals surface area contributed by atoms with Crippen molar-refractivity contribution >= 4 is 29.1 Å². The van der Waals surface area contributed by atoms with Crippen molar-refractivity contribution in [2.75, 3.05) is 13.1 Å². The smallest absolute Gasteiger partial charge is 0.246 e. The average molecular weight is 570 g/mol. The predicted octanol–water partition coefficient (Wildman–Crippen LogP) is 4.10. The van der Waals surface area contributed by atoms with Crippen molar-refractivity contribution in [2.24, 2.45) is 10.5 Å². The highest BCUT2D eigenvalue weighted by Gasteiger charge is 2.44. The standard InChI is InChI=1S/C28H39N7O4S/c1-18-24(40-17-31-18)20-11-9-19(10-12-20)15-30-26(38)22-14-21(36)16-35(22)27(39)25(28(2,3)4)33-23(37)8-6-5-7-13-32-34-29/h9-12,17,21-22,25,36H,5-8,13-16H2,1-4H3,(H,30,38)(H,33,37). The lowest BCUT2D eigenvalue weighted by atomic mass is 9.85. The van der Waals surface area contributed by atoms with Crippen LogP contribution in [0.2, 0.25) is 0 Å². The molecule has 1 aromatic carbocycles. The Hall–Kier alpha value is -3.47. The molecule has 0 bridgehead atoms.